The number of carbonyl (C=O) groups excluding carboxylic acids is 1. The Morgan fingerprint density at radius 1 is 1.10 bits per heavy atom. The Morgan fingerprint density at radius 3 is 2.20 bits per heavy atom. The second-order valence-electron chi connectivity index (χ2n) is 4.48. The number of hydrogen-bond donors (Lipinski definition) is 3. The van der Waals surface area contributed by atoms with E-state index >= 15 is 0 Å². The molecular weight excluding hydrogens is 310 g/mol. The molecule has 2 rings (SSSR count). The van der Waals surface area contributed by atoms with Crippen LogP contribution >= 0.6 is 0 Å². The highest BCUT2D eigenvalue weighted by atomic mass is 32.2. The summed E-state index contributed by atoms with van der Waals surface area (Å²) in [5.41, 5.74) is 5.78. The highest BCUT2D eigenvalue weighted by Gasteiger charge is 2.37. The van der Waals surface area contributed by atoms with E-state index in [4.69, 9.17) is 14.8 Å². The summed E-state index contributed by atoms with van der Waals surface area (Å²) in [6.45, 7) is 0. The van der Waals surface area contributed by atoms with Gasteiger partial charge in [-0.15, -0.1) is 0 Å². The SMILES string of the molecule is NC1C=C(S(=O)(=O)O)C=C2CC(S(=O)(=O)O)=CC(=O)C21. The van der Waals surface area contributed by atoms with Crippen molar-refractivity contribution >= 4 is 26.0 Å². The van der Waals surface area contributed by atoms with Gasteiger partial charge in [-0.25, -0.2) is 0 Å². The van der Waals surface area contributed by atoms with Gasteiger partial charge in [0.15, 0.2) is 5.78 Å². The zero-order valence-electron chi connectivity index (χ0n) is 9.92. The number of hydrogen-bond acceptors (Lipinski definition) is 6. The van der Waals surface area contributed by atoms with E-state index in [0.717, 1.165) is 18.2 Å². The first-order chi connectivity index (χ1) is 9.00. The van der Waals surface area contributed by atoms with Crippen molar-refractivity contribution in [1.29, 1.82) is 0 Å². The maximum atomic E-state index is 11.8. The molecule has 2 aliphatic carbocycles. The van der Waals surface area contributed by atoms with Crippen molar-refractivity contribution in [2.75, 3.05) is 0 Å². The van der Waals surface area contributed by atoms with Crippen LogP contribution in [0.15, 0.2) is 33.6 Å². The average molecular weight is 321 g/mol. The molecule has 0 heterocycles. The molecule has 8 nitrogen and oxygen atoms in total. The summed E-state index contributed by atoms with van der Waals surface area (Å²) >= 11 is 0. The smallest absolute Gasteiger partial charge is 0.294 e. The third-order valence-electron chi connectivity index (χ3n) is 3.09. The van der Waals surface area contributed by atoms with Crippen LogP contribution in [0.25, 0.3) is 0 Å². The third kappa shape index (κ3) is 2.74. The first-order valence-electron chi connectivity index (χ1n) is 5.37. The molecule has 0 fully saturated rings. The van der Waals surface area contributed by atoms with Gasteiger partial charge in [-0.1, -0.05) is 5.57 Å². The molecule has 4 N–H and O–H groups in total. The molecular formula is C10H11NO7S2. The van der Waals surface area contributed by atoms with E-state index in [9.17, 15) is 21.6 Å². The Morgan fingerprint density at radius 2 is 1.70 bits per heavy atom. The second kappa shape index (κ2) is 4.60. The molecule has 0 aromatic heterocycles. The Balaban J connectivity index is 2.54. The Hall–Kier alpha value is -1.33. The normalized spacial score (nSPS) is 27.4. The van der Waals surface area contributed by atoms with E-state index in [1.54, 1.807) is 0 Å². The predicted octanol–water partition coefficient (Wildman–Crippen LogP) is -0.614. The summed E-state index contributed by atoms with van der Waals surface area (Å²) in [4.78, 5) is 10.8. The molecule has 110 valence electrons. The van der Waals surface area contributed by atoms with Crippen LogP contribution in [0.4, 0.5) is 0 Å². The fourth-order valence-corrected chi connectivity index (χ4v) is 3.46. The van der Waals surface area contributed by atoms with Crippen LogP contribution < -0.4 is 5.73 Å². The van der Waals surface area contributed by atoms with Gasteiger partial charge < -0.3 is 5.73 Å². The number of ketones is 1. The zero-order chi connectivity index (χ0) is 15.3. The number of carbonyl (C=O) groups is 1. The minimum atomic E-state index is -4.55. The maximum Gasteiger partial charge on any atom is 0.294 e. The summed E-state index contributed by atoms with van der Waals surface area (Å²) in [6, 6.07) is -1.00. The van der Waals surface area contributed by atoms with Crippen LogP contribution in [0.1, 0.15) is 6.42 Å². The molecule has 0 saturated carbocycles. The fraction of sp³-hybridized carbons (Fsp3) is 0.300. The van der Waals surface area contributed by atoms with Crippen molar-refractivity contribution in [2.24, 2.45) is 11.7 Å². The van der Waals surface area contributed by atoms with Crippen molar-refractivity contribution in [3.8, 4) is 0 Å². The van der Waals surface area contributed by atoms with Gasteiger partial charge in [0.25, 0.3) is 20.2 Å². The molecule has 0 radical (unpaired) electrons. The van der Waals surface area contributed by atoms with Crippen LogP contribution in [0.3, 0.4) is 0 Å². The molecule has 20 heavy (non-hydrogen) atoms. The van der Waals surface area contributed by atoms with Gasteiger partial charge in [0.2, 0.25) is 0 Å². The first-order valence-corrected chi connectivity index (χ1v) is 8.25. The minimum absolute atomic E-state index is 0.118. The van der Waals surface area contributed by atoms with Crippen LogP contribution in [0.5, 0.6) is 0 Å². The quantitative estimate of drug-likeness (QED) is 0.569. The van der Waals surface area contributed by atoms with Gasteiger partial charge in [-0.2, -0.15) is 16.8 Å². The standard InChI is InChI=1S/C10H11NO7S2/c11-8-3-6(19(13,14)15)1-5-2-7(20(16,17)18)4-9(12)10(5)8/h1,3-4,8,10H,2,11H2,(H,13,14,15)(H,16,17,18). The summed E-state index contributed by atoms with van der Waals surface area (Å²) in [7, 11) is -9.07. The molecule has 2 unspecified atom stereocenters. The summed E-state index contributed by atoms with van der Waals surface area (Å²) in [5.74, 6) is -1.54. The van der Waals surface area contributed by atoms with Gasteiger partial charge in [0.05, 0.1) is 15.7 Å². The van der Waals surface area contributed by atoms with Gasteiger partial charge in [-0.05, 0) is 18.2 Å². The van der Waals surface area contributed by atoms with E-state index in [1.807, 2.05) is 0 Å². The Labute approximate surface area is 115 Å². The van der Waals surface area contributed by atoms with Crippen molar-refractivity contribution in [1.82, 2.24) is 0 Å². The van der Waals surface area contributed by atoms with Crippen LogP contribution in [0, 0.1) is 5.92 Å². The second-order valence-corrected chi connectivity index (χ2v) is 7.38. The lowest BCUT2D eigenvalue weighted by molar-refractivity contribution is -0.117. The first kappa shape index (κ1) is 15.1. The van der Waals surface area contributed by atoms with E-state index in [2.05, 4.69) is 0 Å². The van der Waals surface area contributed by atoms with Gasteiger partial charge in [0, 0.05) is 12.5 Å². The van der Waals surface area contributed by atoms with Gasteiger partial charge in [0.1, 0.15) is 0 Å². The highest BCUT2D eigenvalue weighted by Crippen LogP contribution is 2.35. The summed E-state index contributed by atoms with van der Waals surface area (Å²) in [5, 5.41) is 0. The van der Waals surface area contributed by atoms with E-state index in [1.165, 1.54) is 0 Å². The fourth-order valence-electron chi connectivity index (χ4n) is 2.21. The molecule has 2 atom stereocenters. The highest BCUT2D eigenvalue weighted by molar-refractivity contribution is 7.90. The summed E-state index contributed by atoms with van der Waals surface area (Å²) < 4.78 is 62.2. The zero-order valence-corrected chi connectivity index (χ0v) is 11.6. The molecule has 0 spiro atoms. The van der Waals surface area contributed by atoms with Gasteiger partial charge in [-0.3, -0.25) is 13.9 Å². The van der Waals surface area contributed by atoms with Crippen molar-refractivity contribution in [3.63, 3.8) is 0 Å². The number of allylic oxidation sites excluding steroid dienone is 3. The molecule has 0 saturated heterocycles. The number of nitrogens with two attached hydrogens (primary N) is 1. The molecule has 10 heteroatoms. The number of fused-ring (bicyclic) bond motifs is 1. The Kier molecular flexibility index (Phi) is 3.47. The molecule has 0 aliphatic heterocycles. The molecule has 0 bridgehead atoms. The average Bonchev–Trinajstić information content (AvgIpc) is 2.25. The maximum absolute atomic E-state index is 11.8. The van der Waals surface area contributed by atoms with E-state index in [-0.39, 0.29) is 12.0 Å². The van der Waals surface area contributed by atoms with Gasteiger partial charge >= 0.3 is 0 Å². The molecule has 2 aliphatic rings. The summed E-state index contributed by atoms with van der Waals surface area (Å²) in [6.07, 6.45) is 2.46. The largest absolute Gasteiger partial charge is 0.324 e. The third-order valence-corrected chi connectivity index (χ3v) is 4.86. The lowest BCUT2D eigenvalue weighted by Crippen LogP contribution is -2.39. The van der Waals surface area contributed by atoms with Crippen molar-refractivity contribution in [3.05, 3.63) is 33.6 Å². The van der Waals surface area contributed by atoms with Crippen LogP contribution in [0.2, 0.25) is 0 Å². The molecule has 0 aromatic rings. The lowest BCUT2D eigenvalue weighted by atomic mass is 9.79. The Bertz CT molecular complexity index is 770. The minimum Gasteiger partial charge on any atom is -0.324 e. The van der Waals surface area contributed by atoms with E-state index in [0.29, 0.717) is 0 Å². The van der Waals surface area contributed by atoms with Crippen molar-refractivity contribution < 1.29 is 30.7 Å². The van der Waals surface area contributed by atoms with Crippen molar-refractivity contribution in [2.45, 2.75) is 12.5 Å². The predicted molar refractivity (Wildman–Crippen MR) is 68.4 cm³/mol. The molecule has 0 amide bonds. The van der Waals surface area contributed by atoms with Crippen LogP contribution in [-0.2, 0) is 25.0 Å². The monoisotopic (exact) mass is 321 g/mol. The molecule has 0 aromatic carbocycles. The van der Waals surface area contributed by atoms with Crippen LogP contribution in [-0.4, -0.2) is 37.8 Å². The topological polar surface area (TPSA) is 152 Å². The number of rotatable bonds is 2. The van der Waals surface area contributed by atoms with E-state index < -0.39 is 47.8 Å². The lowest BCUT2D eigenvalue weighted by Gasteiger charge is -2.29.